The number of pyridine rings is 1. The second kappa shape index (κ2) is 7.46. The van der Waals surface area contributed by atoms with Crippen LogP contribution in [0.1, 0.15) is 22.4 Å². The summed E-state index contributed by atoms with van der Waals surface area (Å²) >= 11 is 0. The number of anilines is 1. The van der Waals surface area contributed by atoms with Crippen molar-refractivity contribution in [3.8, 4) is 0 Å². The second-order valence-corrected chi connectivity index (χ2v) is 6.69. The number of hydrogen-bond acceptors (Lipinski definition) is 3. The Morgan fingerprint density at radius 2 is 1.74 bits per heavy atom. The number of aryl methyl sites for hydroxylation is 1. The lowest BCUT2D eigenvalue weighted by Gasteiger charge is -2.12. The number of aromatic nitrogens is 2. The van der Waals surface area contributed by atoms with Gasteiger partial charge in [-0.2, -0.15) is 0 Å². The summed E-state index contributed by atoms with van der Waals surface area (Å²) in [6.45, 7) is 2.47. The van der Waals surface area contributed by atoms with Gasteiger partial charge in [0, 0.05) is 18.0 Å². The summed E-state index contributed by atoms with van der Waals surface area (Å²) in [7, 11) is 0. The van der Waals surface area contributed by atoms with Crippen molar-refractivity contribution in [3.63, 3.8) is 0 Å². The van der Waals surface area contributed by atoms with Gasteiger partial charge in [0.1, 0.15) is 5.65 Å². The van der Waals surface area contributed by atoms with Crippen LogP contribution in [0.4, 0.5) is 5.69 Å². The largest absolute Gasteiger partial charge is 0.379 e. The van der Waals surface area contributed by atoms with E-state index in [2.05, 4.69) is 46.7 Å². The van der Waals surface area contributed by atoms with E-state index in [1.807, 2.05) is 43.5 Å². The van der Waals surface area contributed by atoms with Crippen molar-refractivity contribution >= 4 is 11.3 Å². The second-order valence-electron chi connectivity index (χ2n) is 6.69. The molecule has 0 aliphatic carbocycles. The van der Waals surface area contributed by atoms with Crippen LogP contribution in [-0.2, 0) is 13.0 Å². The number of para-hydroxylation sites is 1. The Labute approximate surface area is 158 Å². The first-order valence-corrected chi connectivity index (χ1v) is 9.04. The molecule has 134 valence electrons. The van der Waals surface area contributed by atoms with Crippen LogP contribution in [0, 0.1) is 6.92 Å². The fourth-order valence-electron chi connectivity index (χ4n) is 3.20. The van der Waals surface area contributed by atoms with Crippen LogP contribution in [-0.4, -0.2) is 9.38 Å². The summed E-state index contributed by atoms with van der Waals surface area (Å²) in [5.41, 5.74) is 5.93. The zero-order chi connectivity index (χ0) is 18.6. The lowest BCUT2D eigenvalue weighted by molar-refractivity contribution is 0.963. The molecule has 4 heteroatoms. The Morgan fingerprint density at radius 3 is 2.59 bits per heavy atom. The van der Waals surface area contributed by atoms with E-state index in [0.717, 1.165) is 23.4 Å². The molecule has 0 atom stereocenters. The molecule has 2 aromatic carbocycles. The van der Waals surface area contributed by atoms with Crippen molar-refractivity contribution in [2.45, 2.75) is 19.9 Å². The number of hydrogen-bond donors (Lipinski definition) is 1. The molecule has 0 aliphatic rings. The van der Waals surface area contributed by atoms with E-state index in [9.17, 15) is 4.79 Å². The molecule has 4 rings (SSSR count). The fourth-order valence-corrected chi connectivity index (χ4v) is 3.20. The molecule has 0 fully saturated rings. The lowest BCUT2D eigenvalue weighted by Crippen LogP contribution is -2.17. The SMILES string of the molecule is Cc1ccc2nc(CNc3ccccc3Cc3ccccc3)cc(=O)n2c1. The van der Waals surface area contributed by atoms with E-state index in [0.29, 0.717) is 12.2 Å². The molecule has 4 aromatic rings. The summed E-state index contributed by atoms with van der Waals surface area (Å²) in [4.78, 5) is 17.0. The third-order valence-electron chi connectivity index (χ3n) is 4.58. The van der Waals surface area contributed by atoms with E-state index in [4.69, 9.17) is 0 Å². The van der Waals surface area contributed by atoms with Crippen molar-refractivity contribution in [2.24, 2.45) is 0 Å². The first-order chi connectivity index (χ1) is 13.2. The first-order valence-electron chi connectivity index (χ1n) is 9.04. The maximum absolute atomic E-state index is 12.4. The molecule has 0 amide bonds. The van der Waals surface area contributed by atoms with E-state index < -0.39 is 0 Å². The van der Waals surface area contributed by atoms with E-state index in [1.165, 1.54) is 11.1 Å². The monoisotopic (exact) mass is 355 g/mol. The molecule has 0 saturated carbocycles. The molecule has 4 nitrogen and oxygen atoms in total. The zero-order valence-electron chi connectivity index (χ0n) is 15.2. The van der Waals surface area contributed by atoms with Gasteiger partial charge >= 0.3 is 0 Å². The highest BCUT2D eigenvalue weighted by atomic mass is 16.1. The van der Waals surface area contributed by atoms with Gasteiger partial charge < -0.3 is 5.32 Å². The van der Waals surface area contributed by atoms with Crippen molar-refractivity contribution in [2.75, 3.05) is 5.32 Å². The highest BCUT2D eigenvalue weighted by Crippen LogP contribution is 2.19. The van der Waals surface area contributed by atoms with Crippen LogP contribution in [0.3, 0.4) is 0 Å². The molecule has 1 N–H and O–H groups in total. The van der Waals surface area contributed by atoms with Crippen molar-refractivity contribution < 1.29 is 0 Å². The lowest BCUT2D eigenvalue weighted by atomic mass is 10.0. The zero-order valence-corrected chi connectivity index (χ0v) is 15.2. The topological polar surface area (TPSA) is 46.4 Å². The molecule has 2 heterocycles. The number of nitrogens with zero attached hydrogens (tertiary/aromatic N) is 2. The quantitative estimate of drug-likeness (QED) is 0.583. The molecule has 0 saturated heterocycles. The van der Waals surface area contributed by atoms with Crippen molar-refractivity contribution in [1.29, 1.82) is 0 Å². The van der Waals surface area contributed by atoms with Crippen LogP contribution in [0.5, 0.6) is 0 Å². The Hall–Kier alpha value is -3.40. The van der Waals surface area contributed by atoms with Crippen molar-refractivity contribution in [1.82, 2.24) is 9.38 Å². The van der Waals surface area contributed by atoms with E-state index in [1.54, 1.807) is 10.5 Å². The van der Waals surface area contributed by atoms with Crippen LogP contribution in [0.2, 0.25) is 0 Å². The molecule has 0 radical (unpaired) electrons. The van der Waals surface area contributed by atoms with Crippen molar-refractivity contribution in [3.05, 3.63) is 112 Å². The minimum absolute atomic E-state index is 0.0573. The molecular weight excluding hydrogens is 334 g/mol. The van der Waals surface area contributed by atoms with Gasteiger partial charge in [0.25, 0.3) is 5.56 Å². The molecule has 0 aliphatic heterocycles. The van der Waals surface area contributed by atoms with Gasteiger partial charge in [-0.3, -0.25) is 9.20 Å². The highest BCUT2D eigenvalue weighted by molar-refractivity contribution is 5.53. The van der Waals surface area contributed by atoms with E-state index in [-0.39, 0.29) is 5.56 Å². The summed E-state index contributed by atoms with van der Waals surface area (Å²) < 4.78 is 1.59. The third-order valence-corrected chi connectivity index (χ3v) is 4.58. The molecule has 0 spiro atoms. The normalized spacial score (nSPS) is 10.9. The Bertz CT molecular complexity index is 1130. The van der Waals surface area contributed by atoms with Crippen LogP contribution >= 0.6 is 0 Å². The maximum Gasteiger partial charge on any atom is 0.258 e. The van der Waals surface area contributed by atoms with Gasteiger partial charge in [0.05, 0.1) is 12.2 Å². The van der Waals surface area contributed by atoms with E-state index >= 15 is 0 Å². The van der Waals surface area contributed by atoms with Crippen LogP contribution < -0.4 is 10.9 Å². The third kappa shape index (κ3) is 3.90. The van der Waals surface area contributed by atoms with Gasteiger partial charge in [-0.15, -0.1) is 0 Å². The van der Waals surface area contributed by atoms with Gasteiger partial charge in [0.2, 0.25) is 0 Å². The number of benzene rings is 2. The molecule has 0 unspecified atom stereocenters. The highest BCUT2D eigenvalue weighted by Gasteiger charge is 2.06. The Morgan fingerprint density at radius 1 is 0.963 bits per heavy atom. The van der Waals surface area contributed by atoms with Gasteiger partial charge in [-0.1, -0.05) is 54.6 Å². The van der Waals surface area contributed by atoms with Gasteiger partial charge in [-0.05, 0) is 42.2 Å². The number of rotatable bonds is 5. The number of fused-ring (bicyclic) bond motifs is 1. The van der Waals surface area contributed by atoms with Crippen LogP contribution in [0.25, 0.3) is 5.65 Å². The van der Waals surface area contributed by atoms with Gasteiger partial charge in [0.15, 0.2) is 0 Å². The Balaban J connectivity index is 1.56. The predicted molar refractivity (Wildman–Crippen MR) is 109 cm³/mol. The molecule has 27 heavy (non-hydrogen) atoms. The minimum atomic E-state index is -0.0573. The van der Waals surface area contributed by atoms with Crippen LogP contribution in [0.15, 0.2) is 83.8 Å². The Kier molecular flexibility index (Phi) is 4.71. The molecule has 2 aromatic heterocycles. The average Bonchev–Trinajstić information content (AvgIpc) is 2.69. The smallest absolute Gasteiger partial charge is 0.258 e. The minimum Gasteiger partial charge on any atom is -0.379 e. The summed E-state index contributed by atoms with van der Waals surface area (Å²) in [5, 5.41) is 3.44. The van der Waals surface area contributed by atoms with Gasteiger partial charge in [-0.25, -0.2) is 4.98 Å². The standard InChI is InChI=1S/C23H21N3O/c1-17-11-12-22-25-20(14-23(27)26(22)16-17)15-24-21-10-6-5-9-19(21)13-18-7-3-2-4-8-18/h2-12,14,16,24H,13,15H2,1H3. The average molecular weight is 355 g/mol. The summed E-state index contributed by atoms with van der Waals surface area (Å²) in [6.07, 6.45) is 2.67. The molecule has 0 bridgehead atoms. The fraction of sp³-hybridized carbons (Fsp3) is 0.130. The predicted octanol–water partition coefficient (Wildman–Crippen LogP) is 4.21. The summed E-state index contributed by atoms with van der Waals surface area (Å²) in [6, 6.07) is 24.1. The molecular formula is C23H21N3O. The first kappa shape index (κ1) is 17.0. The number of nitrogens with one attached hydrogen (secondary N) is 1. The maximum atomic E-state index is 12.4. The summed E-state index contributed by atoms with van der Waals surface area (Å²) in [5.74, 6) is 0.